The standard InChI is InChI=1S/C48H54N4O/c1-10-11-17-35-24-25-49-45(26-35)51-42-19-13-12-18-40(42)41-22-21-38(30-44(41)51)53-39-28-36(48(7,8)9)27-37(29-39)52-43(23-20-31(2)3)47(34(6)50-52)46-32(4)15-14-16-33(46)5/h12-16,18-19,21-22,24-31H,10-11,17,20,23H2,1-9H3. The number of pyridine rings is 1. The van der Waals surface area contributed by atoms with Gasteiger partial charge in [0.05, 0.1) is 28.1 Å². The lowest BCUT2D eigenvalue weighted by Gasteiger charge is -2.22. The third-order valence-electron chi connectivity index (χ3n) is 10.6. The quantitative estimate of drug-likeness (QED) is 0.135. The van der Waals surface area contributed by atoms with Gasteiger partial charge in [0.1, 0.15) is 17.3 Å². The smallest absolute Gasteiger partial charge is 0.137 e. The molecule has 0 spiro atoms. The molecular formula is C48H54N4O. The number of hydrogen-bond donors (Lipinski definition) is 0. The highest BCUT2D eigenvalue weighted by Crippen LogP contribution is 2.39. The highest BCUT2D eigenvalue weighted by molar-refractivity contribution is 6.09. The topological polar surface area (TPSA) is 44.9 Å². The molecule has 0 radical (unpaired) electrons. The van der Waals surface area contributed by atoms with E-state index < -0.39 is 0 Å². The second-order valence-corrected chi connectivity index (χ2v) is 16.2. The minimum Gasteiger partial charge on any atom is -0.457 e. The Kier molecular flexibility index (Phi) is 10.0. The number of fused-ring (bicyclic) bond motifs is 3. The van der Waals surface area contributed by atoms with Gasteiger partial charge in [-0.3, -0.25) is 4.57 Å². The zero-order valence-electron chi connectivity index (χ0n) is 33.0. The molecule has 0 aliphatic rings. The van der Waals surface area contributed by atoms with Gasteiger partial charge in [0, 0.05) is 34.7 Å². The van der Waals surface area contributed by atoms with Gasteiger partial charge in [0.25, 0.3) is 0 Å². The molecular weight excluding hydrogens is 649 g/mol. The Morgan fingerprint density at radius 2 is 1.49 bits per heavy atom. The molecule has 5 nitrogen and oxygen atoms in total. The molecule has 3 heterocycles. The van der Waals surface area contributed by atoms with Crippen molar-refractivity contribution in [1.29, 1.82) is 0 Å². The van der Waals surface area contributed by atoms with Crippen LogP contribution in [0.2, 0.25) is 0 Å². The zero-order valence-corrected chi connectivity index (χ0v) is 33.0. The summed E-state index contributed by atoms with van der Waals surface area (Å²) in [4.78, 5) is 4.88. The molecule has 0 N–H and O–H groups in total. The molecule has 0 amide bonds. The van der Waals surface area contributed by atoms with Crippen LogP contribution in [-0.2, 0) is 18.3 Å². The van der Waals surface area contributed by atoms with Crippen molar-refractivity contribution in [2.75, 3.05) is 0 Å². The summed E-state index contributed by atoms with van der Waals surface area (Å²) in [6.07, 6.45) is 7.33. The average molecular weight is 703 g/mol. The third kappa shape index (κ3) is 7.27. The van der Waals surface area contributed by atoms with Gasteiger partial charge in [-0.25, -0.2) is 9.67 Å². The second-order valence-electron chi connectivity index (χ2n) is 16.2. The maximum Gasteiger partial charge on any atom is 0.137 e. The Bertz CT molecular complexity index is 2400. The molecule has 0 aliphatic carbocycles. The van der Waals surface area contributed by atoms with Crippen LogP contribution in [0.25, 0.3) is 44.4 Å². The number of unbranched alkanes of at least 4 members (excludes halogenated alkanes) is 1. The Morgan fingerprint density at radius 3 is 2.23 bits per heavy atom. The lowest BCUT2D eigenvalue weighted by molar-refractivity contribution is 0.478. The fraction of sp³-hybridized carbons (Fsp3) is 0.333. The molecule has 7 rings (SSSR count). The Morgan fingerprint density at radius 1 is 0.736 bits per heavy atom. The summed E-state index contributed by atoms with van der Waals surface area (Å²) in [6.45, 7) is 20.2. The fourth-order valence-electron chi connectivity index (χ4n) is 7.69. The van der Waals surface area contributed by atoms with Crippen LogP contribution in [0.3, 0.4) is 0 Å². The Labute approximate surface area is 315 Å². The maximum atomic E-state index is 6.87. The van der Waals surface area contributed by atoms with Crippen LogP contribution in [0.4, 0.5) is 0 Å². The zero-order chi connectivity index (χ0) is 37.4. The summed E-state index contributed by atoms with van der Waals surface area (Å²) in [5, 5.41) is 7.66. The number of aryl methyl sites for hydroxylation is 4. The van der Waals surface area contributed by atoms with Gasteiger partial charge in [0.15, 0.2) is 0 Å². The Balaban J connectivity index is 1.36. The van der Waals surface area contributed by atoms with Gasteiger partial charge >= 0.3 is 0 Å². The van der Waals surface area contributed by atoms with E-state index >= 15 is 0 Å². The van der Waals surface area contributed by atoms with Crippen molar-refractivity contribution in [2.45, 2.75) is 99.8 Å². The molecule has 0 bridgehead atoms. The maximum absolute atomic E-state index is 6.87. The molecule has 7 aromatic rings. The van der Waals surface area contributed by atoms with Crippen molar-refractivity contribution in [1.82, 2.24) is 19.3 Å². The van der Waals surface area contributed by atoms with E-state index in [0.717, 1.165) is 65.4 Å². The molecule has 0 aliphatic heterocycles. The van der Waals surface area contributed by atoms with E-state index in [4.69, 9.17) is 14.8 Å². The number of nitrogens with zero attached hydrogens (tertiary/aromatic N) is 4. The molecule has 0 atom stereocenters. The average Bonchev–Trinajstić information content (AvgIpc) is 3.63. The van der Waals surface area contributed by atoms with Gasteiger partial charge in [0.2, 0.25) is 0 Å². The van der Waals surface area contributed by atoms with Gasteiger partial charge in [-0.05, 0) is 128 Å². The van der Waals surface area contributed by atoms with E-state index in [1.165, 1.54) is 56.3 Å². The van der Waals surface area contributed by atoms with Crippen LogP contribution in [0.1, 0.15) is 94.4 Å². The molecule has 3 aromatic heterocycles. The first-order valence-electron chi connectivity index (χ1n) is 19.4. The van der Waals surface area contributed by atoms with E-state index in [-0.39, 0.29) is 5.41 Å². The van der Waals surface area contributed by atoms with Crippen molar-refractivity contribution >= 4 is 21.8 Å². The van der Waals surface area contributed by atoms with Gasteiger partial charge in [-0.1, -0.05) is 84.4 Å². The number of aromatic nitrogens is 4. The minimum absolute atomic E-state index is 0.102. The van der Waals surface area contributed by atoms with Crippen LogP contribution in [0.15, 0.2) is 97.2 Å². The normalized spacial score (nSPS) is 12.0. The van der Waals surface area contributed by atoms with E-state index in [1.807, 2.05) is 6.20 Å². The van der Waals surface area contributed by atoms with E-state index in [2.05, 4.69) is 163 Å². The molecule has 5 heteroatoms. The second kappa shape index (κ2) is 14.7. The lowest BCUT2D eigenvalue weighted by atomic mass is 9.86. The first-order valence-corrected chi connectivity index (χ1v) is 19.4. The SMILES string of the molecule is CCCCc1ccnc(-n2c3ccccc3c3ccc(Oc4cc(-n5nc(C)c(-c6c(C)cccc6C)c5CCC(C)C)cc(C(C)(C)C)c4)cc32)c1. The van der Waals surface area contributed by atoms with Crippen molar-refractivity contribution in [3.8, 4) is 34.1 Å². The molecule has 0 unspecified atom stereocenters. The molecule has 0 saturated carbocycles. The van der Waals surface area contributed by atoms with Crippen LogP contribution in [0, 0.1) is 26.7 Å². The summed E-state index contributed by atoms with van der Waals surface area (Å²) in [5.41, 5.74) is 13.1. The first kappa shape index (κ1) is 36.2. The molecule has 53 heavy (non-hydrogen) atoms. The lowest BCUT2D eigenvalue weighted by Crippen LogP contribution is -2.13. The summed E-state index contributed by atoms with van der Waals surface area (Å²) in [5.74, 6) is 3.09. The predicted octanol–water partition coefficient (Wildman–Crippen LogP) is 13.0. The fourth-order valence-corrected chi connectivity index (χ4v) is 7.69. The number of para-hydroxylation sites is 1. The van der Waals surface area contributed by atoms with E-state index in [9.17, 15) is 0 Å². The van der Waals surface area contributed by atoms with E-state index in [0.29, 0.717) is 5.92 Å². The minimum atomic E-state index is -0.102. The van der Waals surface area contributed by atoms with Gasteiger partial charge < -0.3 is 4.74 Å². The van der Waals surface area contributed by atoms with Crippen molar-refractivity contribution in [2.24, 2.45) is 5.92 Å². The van der Waals surface area contributed by atoms with Crippen LogP contribution >= 0.6 is 0 Å². The third-order valence-corrected chi connectivity index (χ3v) is 10.6. The van der Waals surface area contributed by atoms with Crippen LogP contribution in [0.5, 0.6) is 11.5 Å². The van der Waals surface area contributed by atoms with Gasteiger partial charge in [-0.2, -0.15) is 5.10 Å². The van der Waals surface area contributed by atoms with Crippen molar-refractivity contribution < 1.29 is 4.74 Å². The Hall–Kier alpha value is -5.16. The summed E-state index contributed by atoms with van der Waals surface area (Å²) in [6, 6.07) is 32.7. The molecule has 0 saturated heterocycles. The van der Waals surface area contributed by atoms with Crippen LogP contribution in [-0.4, -0.2) is 19.3 Å². The van der Waals surface area contributed by atoms with Crippen molar-refractivity contribution in [3.63, 3.8) is 0 Å². The molecule has 4 aromatic carbocycles. The number of benzene rings is 4. The largest absolute Gasteiger partial charge is 0.457 e. The molecule has 272 valence electrons. The predicted molar refractivity (Wildman–Crippen MR) is 222 cm³/mol. The van der Waals surface area contributed by atoms with E-state index in [1.54, 1.807) is 0 Å². The summed E-state index contributed by atoms with van der Waals surface area (Å²) < 4.78 is 11.3. The first-order chi connectivity index (χ1) is 25.4. The van der Waals surface area contributed by atoms with Crippen LogP contribution < -0.4 is 4.74 Å². The summed E-state index contributed by atoms with van der Waals surface area (Å²) in [7, 11) is 0. The van der Waals surface area contributed by atoms with Gasteiger partial charge in [-0.15, -0.1) is 0 Å². The number of ether oxygens (including phenoxy) is 1. The molecule has 0 fully saturated rings. The highest BCUT2D eigenvalue weighted by Gasteiger charge is 2.24. The highest BCUT2D eigenvalue weighted by atomic mass is 16.5. The number of rotatable bonds is 11. The summed E-state index contributed by atoms with van der Waals surface area (Å²) >= 11 is 0. The number of hydrogen-bond acceptors (Lipinski definition) is 3. The van der Waals surface area contributed by atoms with Crippen molar-refractivity contribution in [3.05, 3.63) is 131 Å². The monoisotopic (exact) mass is 702 g/mol.